The Bertz CT molecular complexity index is 384. The standard InChI is InChI=1S/C10H12N2O4/c1-7(13)11(15)9-4-3-5-10(6-9)12(16)8(2)14/h3-6,15-16H,1-2H3. The fraction of sp³-hybridized carbons (Fsp3) is 0.200. The van der Waals surface area contributed by atoms with E-state index in [9.17, 15) is 20.0 Å². The third-order valence-electron chi connectivity index (χ3n) is 1.92. The minimum atomic E-state index is -0.565. The molecule has 1 aromatic carbocycles. The van der Waals surface area contributed by atoms with E-state index in [-0.39, 0.29) is 11.4 Å². The fourth-order valence-corrected chi connectivity index (χ4v) is 1.12. The number of hydrogen-bond donors (Lipinski definition) is 2. The molecule has 2 N–H and O–H groups in total. The van der Waals surface area contributed by atoms with Crippen LogP contribution in [-0.4, -0.2) is 22.2 Å². The summed E-state index contributed by atoms with van der Waals surface area (Å²) in [6.45, 7) is 2.38. The molecule has 1 rings (SSSR count). The highest BCUT2D eigenvalue weighted by molar-refractivity contribution is 5.92. The zero-order valence-corrected chi connectivity index (χ0v) is 8.91. The van der Waals surface area contributed by atoms with Gasteiger partial charge in [-0.05, 0) is 18.2 Å². The van der Waals surface area contributed by atoms with Crippen LogP contribution in [0.3, 0.4) is 0 Å². The van der Waals surface area contributed by atoms with Gasteiger partial charge in [0.25, 0.3) is 0 Å². The Hall–Kier alpha value is -1.92. The summed E-state index contributed by atoms with van der Waals surface area (Å²) in [5.41, 5.74) is 0.343. The first kappa shape index (κ1) is 12.2. The van der Waals surface area contributed by atoms with Crippen LogP contribution < -0.4 is 10.1 Å². The predicted octanol–water partition coefficient (Wildman–Crippen LogP) is 1.17. The number of amides is 2. The van der Waals surface area contributed by atoms with Crippen LogP contribution >= 0.6 is 0 Å². The molecule has 0 fully saturated rings. The molecule has 0 saturated carbocycles. The summed E-state index contributed by atoms with van der Waals surface area (Å²) < 4.78 is 0. The van der Waals surface area contributed by atoms with Gasteiger partial charge in [-0.3, -0.25) is 20.0 Å². The molecule has 2 amide bonds. The Morgan fingerprint density at radius 1 is 1.00 bits per heavy atom. The molecule has 0 aliphatic carbocycles. The van der Waals surface area contributed by atoms with Crippen LogP contribution in [0.15, 0.2) is 24.3 Å². The number of hydrogen-bond acceptors (Lipinski definition) is 4. The molecule has 0 aliphatic rings. The summed E-state index contributed by atoms with van der Waals surface area (Å²) in [4.78, 5) is 21.8. The highest BCUT2D eigenvalue weighted by Gasteiger charge is 2.12. The van der Waals surface area contributed by atoms with Crippen LogP contribution in [0.25, 0.3) is 0 Å². The van der Waals surface area contributed by atoms with Crippen molar-refractivity contribution in [2.45, 2.75) is 13.8 Å². The minimum absolute atomic E-state index is 0.172. The molecule has 6 nitrogen and oxygen atoms in total. The minimum Gasteiger partial charge on any atom is -0.281 e. The Kier molecular flexibility index (Phi) is 3.60. The number of hydroxylamine groups is 2. The number of benzene rings is 1. The third kappa shape index (κ3) is 2.56. The Morgan fingerprint density at radius 2 is 1.38 bits per heavy atom. The second kappa shape index (κ2) is 4.73. The van der Waals surface area contributed by atoms with Gasteiger partial charge in [-0.15, -0.1) is 0 Å². The summed E-state index contributed by atoms with van der Waals surface area (Å²) in [5, 5.41) is 19.5. The Morgan fingerprint density at radius 3 is 1.69 bits per heavy atom. The van der Waals surface area contributed by atoms with Crippen LogP contribution in [-0.2, 0) is 9.59 Å². The van der Waals surface area contributed by atoms with E-state index in [4.69, 9.17) is 0 Å². The van der Waals surface area contributed by atoms with E-state index in [1.54, 1.807) is 0 Å². The SMILES string of the molecule is CC(=O)N(O)c1cccc(N(O)C(C)=O)c1. The van der Waals surface area contributed by atoms with Gasteiger partial charge < -0.3 is 0 Å². The number of anilines is 2. The van der Waals surface area contributed by atoms with Crippen molar-refractivity contribution >= 4 is 23.2 Å². The molecule has 16 heavy (non-hydrogen) atoms. The first-order valence-electron chi connectivity index (χ1n) is 4.52. The molecule has 6 heteroatoms. The van der Waals surface area contributed by atoms with Gasteiger partial charge in [-0.1, -0.05) is 6.07 Å². The molecule has 0 saturated heterocycles. The van der Waals surface area contributed by atoms with E-state index in [1.807, 2.05) is 0 Å². The monoisotopic (exact) mass is 224 g/mol. The summed E-state index contributed by atoms with van der Waals surface area (Å²) >= 11 is 0. The molecule has 0 spiro atoms. The number of rotatable bonds is 2. The van der Waals surface area contributed by atoms with E-state index in [2.05, 4.69) is 0 Å². The second-order valence-corrected chi connectivity index (χ2v) is 3.18. The Labute approximate surface area is 92.2 Å². The summed E-state index contributed by atoms with van der Waals surface area (Å²) in [6.07, 6.45) is 0. The zero-order chi connectivity index (χ0) is 12.3. The van der Waals surface area contributed by atoms with Crippen molar-refractivity contribution in [2.24, 2.45) is 0 Å². The number of nitrogens with zero attached hydrogens (tertiary/aromatic N) is 2. The van der Waals surface area contributed by atoms with Crippen molar-refractivity contribution in [3.8, 4) is 0 Å². The lowest BCUT2D eigenvalue weighted by atomic mass is 10.2. The molecule has 0 bridgehead atoms. The van der Waals surface area contributed by atoms with Gasteiger partial charge in [-0.25, -0.2) is 0 Å². The molecule has 0 aromatic heterocycles. The van der Waals surface area contributed by atoms with E-state index >= 15 is 0 Å². The second-order valence-electron chi connectivity index (χ2n) is 3.18. The molecule has 86 valence electrons. The van der Waals surface area contributed by atoms with E-state index in [0.29, 0.717) is 10.1 Å². The van der Waals surface area contributed by atoms with E-state index in [0.717, 1.165) is 0 Å². The van der Waals surface area contributed by atoms with Gasteiger partial charge in [0.1, 0.15) is 0 Å². The lowest BCUT2D eigenvalue weighted by Crippen LogP contribution is -2.26. The summed E-state index contributed by atoms with van der Waals surface area (Å²) in [5.74, 6) is -1.13. The molecule has 0 atom stereocenters. The third-order valence-corrected chi connectivity index (χ3v) is 1.92. The largest absolute Gasteiger partial charge is 0.281 e. The Balaban J connectivity index is 3.04. The van der Waals surface area contributed by atoms with Crippen molar-refractivity contribution in [3.63, 3.8) is 0 Å². The van der Waals surface area contributed by atoms with E-state index in [1.165, 1.54) is 38.1 Å². The quantitative estimate of drug-likeness (QED) is 0.583. The number of carbonyl (C=O) groups excluding carboxylic acids is 2. The average Bonchev–Trinajstić information content (AvgIpc) is 2.26. The van der Waals surface area contributed by atoms with Crippen LogP contribution in [0.4, 0.5) is 11.4 Å². The normalized spacial score (nSPS) is 9.75. The van der Waals surface area contributed by atoms with Crippen LogP contribution in [0, 0.1) is 0 Å². The van der Waals surface area contributed by atoms with Gasteiger partial charge in [0.2, 0.25) is 11.8 Å². The van der Waals surface area contributed by atoms with Gasteiger partial charge in [-0.2, -0.15) is 10.1 Å². The van der Waals surface area contributed by atoms with Gasteiger partial charge in [0.05, 0.1) is 11.4 Å². The maximum Gasteiger partial charge on any atom is 0.247 e. The summed E-state index contributed by atoms with van der Waals surface area (Å²) in [6, 6.07) is 5.75. The van der Waals surface area contributed by atoms with Crippen LogP contribution in [0.5, 0.6) is 0 Å². The van der Waals surface area contributed by atoms with Crippen LogP contribution in [0.2, 0.25) is 0 Å². The topological polar surface area (TPSA) is 81.1 Å². The molecule has 0 heterocycles. The van der Waals surface area contributed by atoms with Crippen molar-refractivity contribution in [1.82, 2.24) is 0 Å². The van der Waals surface area contributed by atoms with Gasteiger partial charge >= 0.3 is 0 Å². The molecular formula is C10H12N2O4. The summed E-state index contributed by atoms with van der Waals surface area (Å²) in [7, 11) is 0. The van der Waals surface area contributed by atoms with Crippen molar-refractivity contribution < 1.29 is 20.0 Å². The van der Waals surface area contributed by atoms with Crippen molar-refractivity contribution in [2.75, 3.05) is 10.1 Å². The average molecular weight is 224 g/mol. The lowest BCUT2D eigenvalue weighted by molar-refractivity contribution is -0.122. The molecular weight excluding hydrogens is 212 g/mol. The van der Waals surface area contributed by atoms with E-state index < -0.39 is 11.8 Å². The fourth-order valence-electron chi connectivity index (χ4n) is 1.12. The highest BCUT2D eigenvalue weighted by Crippen LogP contribution is 2.20. The number of carbonyl (C=O) groups is 2. The molecule has 0 unspecified atom stereocenters. The molecule has 0 aliphatic heterocycles. The maximum atomic E-state index is 10.9. The smallest absolute Gasteiger partial charge is 0.247 e. The predicted molar refractivity (Wildman–Crippen MR) is 56.3 cm³/mol. The zero-order valence-electron chi connectivity index (χ0n) is 8.91. The lowest BCUT2D eigenvalue weighted by Gasteiger charge is -2.16. The van der Waals surface area contributed by atoms with Crippen molar-refractivity contribution in [1.29, 1.82) is 0 Å². The van der Waals surface area contributed by atoms with Crippen LogP contribution in [0.1, 0.15) is 13.8 Å². The molecule has 1 aromatic rings. The first-order valence-corrected chi connectivity index (χ1v) is 4.52. The molecule has 0 radical (unpaired) electrons. The first-order chi connectivity index (χ1) is 7.43. The highest BCUT2D eigenvalue weighted by atomic mass is 16.5. The van der Waals surface area contributed by atoms with Crippen molar-refractivity contribution in [3.05, 3.63) is 24.3 Å². The van der Waals surface area contributed by atoms with Gasteiger partial charge in [0.15, 0.2) is 0 Å². The van der Waals surface area contributed by atoms with Gasteiger partial charge in [0, 0.05) is 13.8 Å². The maximum absolute atomic E-state index is 10.9.